The monoisotopic (exact) mass is 367 g/mol. The minimum absolute atomic E-state index is 0.0203. The van der Waals surface area contributed by atoms with Crippen LogP contribution in [-0.4, -0.2) is 34.4 Å². The van der Waals surface area contributed by atoms with E-state index in [1.54, 1.807) is 6.92 Å². The van der Waals surface area contributed by atoms with E-state index in [4.69, 9.17) is 0 Å². The standard InChI is InChI=1S/C17H16F3N3O3/c1-9-14-11(3-2-4-12(14)24)23-15(9)16(25)22-10-5-6-13(21-7-10)26-8-17(18,19)20/h5-7,23H,2-4,8H2,1H3,(H,22,25). The maximum atomic E-state index is 12.4. The summed E-state index contributed by atoms with van der Waals surface area (Å²) in [6.45, 7) is 0.271. The van der Waals surface area contributed by atoms with Gasteiger partial charge >= 0.3 is 6.18 Å². The molecule has 26 heavy (non-hydrogen) atoms. The highest BCUT2D eigenvalue weighted by Crippen LogP contribution is 2.27. The Labute approximate surface area is 146 Å². The number of ketones is 1. The molecule has 9 heteroatoms. The van der Waals surface area contributed by atoms with Gasteiger partial charge in [-0.2, -0.15) is 13.2 Å². The first-order valence-corrected chi connectivity index (χ1v) is 7.96. The third-order valence-electron chi connectivity index (χ3n) is 4.04. The number of ether oxygens (including phenoxy) is 1. The van der Waals surface area contributed by atoms with E-state index in [-0.39, 0.29) is 11.7 Å². The SMILES string of the molecule is Cc1c(C(=O)Nc2ccc(OCC(F)(F)F)nc2)[nH]c2c1C(=O)CCC2. The number of aromatic amines is 1. The average molecular weight is 367 g/mol. The van der Waals surface area contributed by atoms with Gasteiger partial charge in [0.1, 0.15) is 5.69 Å². The summed E-state index contributed by atoms with van der Waals surface area (Å²) in [5.41, 5.74) is 2.53. The number of amides is 1. The summed E-state index contributed by atoms with van der Waals surface area (Å²) in [7, 11) is 0. The summed E-state index contributed by atoms with van der Waals surface area (Å²) >= 11 is 0. The highest BCUT2D eigenvalue weighted by Gasteiger charge is 2.29. The third-order valence-corrected chi connectivity index (χ3v) is 4.04. The van der Waals surface area contributed by atoms with Gasteiger partial charge < -0.3 is 15.0 Å². The number of halogens is 3. The molecule has 138 valence electrons. The quantitative estimate of drug-likeness (QED) is 0.867. The number of carbonyl (C=O) groups is 2. The fourth-order valence-electron chi connectivity index (χ4n) is 2.89. The van der Waals surface area contributed by atoms with Crippen LogP contribution >= 0.6 is 0 Å². The molecule has 0 unspecified atom stereocenters. The molecule has 0 aromatic carbocycles. The van der Waals surface area contributed by atoms with Gasteiger partial charge in [0.25, 0.3) is 5.91 Å². The van der Waals surface area contributed by atoms with Crippen LogP contribution in [0.2, 0.25) is 0 Å². The van der Waals surface area contributed by atoms with E-state index in [0.29, 0.717) is 35.3 Å². The van der Waals surface area contributed by atoms with Gasteiger partial charge in [-0.15, -0.1) is 0 Å². The summed E-state index contributed by atoms with van der Waals surface area (Å²) in [5, 5.41) is 2.60. The van der Waals surface area contributed by atoms with Crippen molar-refractivity contribution in [1.29, 1.82) is 0 Å². The second-order valence-corrected chi connectivity index (χ2v) is 6.00. The third kappa shape index (κ3) is 3.87. The lowest BCUT2D eigenvalue weighted by Crippen LogP contribution is -2.19. The van der Waals surface area contributed by atoms with E-state index in [2.05, 4.69) is 20.0 Å². The summed E-state index contributed by atoms with van der Waals surface area (Å²) in [6.07, 6.45) is -1.32. The number of hydrogen-bond acceptors (Lipinski definition) is 4. The maximum absolute atomic E-state index is 12.4. The van der Waals surface area contributed by atoms with Crippen molar-refractivity contribution >= 4 is 17.4 Å². The Balaban J connectivity index is 1.70. The second kappa shape index (κ2) is 6.81. The molecule has 1 aliphatic carbocycles. The number of rotatable bonds is 4. The number of Topliss-reactive ketones (excluding diaryl/α,β-unsaturated/α-hetero) is 1. The Kier molecular flexibility index (Phi) is 4.71. The van der Waals surface area contributed by atoms with Crippen molar-refractivity contribution in [3.8, 4) is 5.88 Å². The van der Waals surface area contributed by atoms with Crippen LogP contribution in [0.4, 0.5) is 18.9 Å². The van der Waals surface area contributed by atoms with E-state index < -0.39 is 18.7 Å². The number of aromatic nitrogens is 2. The zero-order valence-corrected chi connectivity index (χ0v) is 13.9. The lowest BCUT2D eigenvalue weighted by atomic mass is 9.94. The van der Waals surface area contributed by atoms with Crippen molar-refractivity contribution in [3.05, 3.63) is 40.8 Å². The van der Waals surface area contributed by atoms with E-state index in [9.17, 15) is 22.8 Å². The number of fused-ring (bicyclic) bond motifs is 1. The van der Waals surface area contributed by atoms with Gasteiger partial charge in [-0.25, -0.2) is 4.98 Å². The Morgan fingerprint density at radius 1 is 1.35 bits per heavy atom. The molecular formula is C17H16F3N3O3. The zero-order chi connectivity index (χ0) is 18.9. The highest BCUT2D eigenvalue weighted by atomic mass is 19.4. The number of anilines is 1. The molecule has 6 nitrogen and oxygen atoms in total. The van der Waals surface area contributed by atoms with Crippen LogP contribution in [0, 0.1) is 6.92 Å². The summed E-state index contributed by atoms with van der Waals surface area (Å²) in [4.78, 5) is 31.2. The van der Waals surface area contributed by atoms with Crippen LogP contribution in [0.1, 0.15) is 44.9 Å². The Morgan fingerprint density at radius 2 is 2.12 bits per heavy atom. The Morgan fingerprint density at radius 3 is 2.73 bits per heavy atom. The van der Waals surface area contributed by atoms with E-state index in [1.807, 2.05) is 0 Å². The molecule has 1 amide bonds. The fraction of sp³-hybridized carbons (Fsp3) is 0.353. The minimum Gasteiger partial charge on any atom is -0.468 e. The predicted molar refractivity (Wildman–Crippen MR) is 86.5 cm³/mol. The van der Waals surface area contributed by atoms with Crippen molar-refractivity contribution in [2.24, 2.45) is 0 Å². The highest BCUT2D eigenvalue weighted by molar-refractivity contribution is 6.08. The second-order valence-electron chi connectivity index (χ2n) is 6.00. The van der Waals surface area contributed by atoms with Gasteiger partial charge in [0.05, 0.1) is 11.9 Å². The van der Waals surface area contributed by atoms with Crippen LogP contribution in [0.25, 0.3) is 0 Å². The number of alkyl halides is 3. The van der Waals surface area contributed by atoms with Crippen LogP contribution in [0.15, 0.2) is 18.3 Å². The number of aryl methyl sites for hydroxylation is 1. The molecule has 0 bridgehead atoms. The molecule has 2 heterocycles. The largest absolute Gasteiger partial charge is 0.468 e. The molecule has 0 fully saturated rings. The lowest BCUT2D eigenvalue weighted by molar-refractivity contribution is -0.154. The van der Waals surface area contributed by atoms with Crippen molar-refractivity contribution in [2.45, 2.75) is 32.4 Å². The molecule has 2 aromatic heterocycles. The van der Waals surface area contributed by atoms with Gasteiger partial charge in [-0.1, -0.05) is 0 Å². The summed E-state index contributed by atoms with van der Waals surface area (Å²) in [6, 6.07) is 2.62. The molecule has 0 saturated heterocycles. The topological polar surface area (TPSA) is 84.1 Å². The van der Waals surface area contributed by atoms with Crippen LogP contribution in [0.3, 0.4) is 0 Å². The smallest absolute Gasteiger partial charge is 0.422 e. The first kappa shape index (κ1) is 18.0. The molecule has 0 atom stereocenters. The van der Waals surface area contributed by atoms with Crippen LogP contribution < -0.4 is 10.1 Å². The van der Waals surface area contributed by atoms with Crippen molar-refractivity contribution in [3.63, 3.8) is 0 Å². The fourth-order valence-corrected chi connectivity index (χ4v) is 2.89. The number of carbonyl (C=O) groups excluding carboxylic acids is 2. The molecule has 2 N–H and O–H groups in total. The zero-order valence-electron chi connectivity index (χ0n) is 13.9. The van der Waals surface area contributed by atoms with Gasteiger partial charge in [-0.05, 0) is 31.4 Å². The Hall–Kier alpha value is -2.84. The molecular weight excluding hydrogens is 351 g/mol. The number of H-pyrrole nitrogens is 1. The van der Waals surface area contributed by atoms with E-state index in [1.165, 1.54) is 18.3 Å². The number of nitrogens with zero attached hydrogens (tertiary/aromatic N) is 1. The minimum atomic E-state index is -4.45. The first-order chi connectivity index (χ1) is 12.2. The van der Waals surface area contributed by atoms with Crippen LogP contribution in [-0.2, 0) is 6.42 Å². The number of hydrogen-bond donors (Lipinski definition) is 2. The normalized spacial score (nSPS) is 14.1. The summed E-state index contributed by atoms with van der Waals surface area (Å²) < 4.78 is 40.8. The number of nitrogens with one attached hydrogen (secondary N) is 2. The van der Waals surface area contributed by atoms with Gasteiger partial charge in [0.15, 0.2) is 12.4 Å². The van der Waals surface area contributed by atoms with Crippen molar-refractivity contribution in [1.82, 2.24) is 9.97 Å². The molecule has 2 aromatic rings. The molecule has 0 spiro atoms. The van der Waals surface area contributed by atoms with E-state index in [0.717, 1.165) is 12.1 Å². The summed E-state index contributed by atoms with van der Waals surface area (Å²) in [5.74, 6) is -0.625. The molecule has 0 radical (unpaired) electrons. The molecule has 0 saturated carbocycles. The molecule has 0 aliphatic heterocycles. The van der Waals surface area contributed by atoms with E-state index >= 15 is 0 Å². The lowest BCUT2D eigenvalue weighted by Gasteiger charge is -2.09. The van der Waals surface area contributed by atoms with Gasteiger partial charge in [0, 0.05) is 23.7 Å². The van der Waals surface area contributed by atoms with Crippen LogP contribution in [0.5, 0.6) is 5.88 Å². The molecule has 3 rings (SSSR count). The van der Waals surface area contributed by atoms with Gasteiger partial charge in [-0.3, -0.25) is 9.59 Å². The Bertz CT molecular complexity index is 841. The average Bonchev–Trinajstić information content (AvgIpc) is 2.92. The first-order valence-electron chi connectivity index (χ1n) is 7.96. The predicted octanol–water partition coefficient (Wildman–Crippen LogP) is 3.43. The molecule has 1 aliphatic rings. The maximum Gasteiger partial charge on any atom is 0.422 e. The van der Waals surface area contributed by atoms with Crippen molar-refractivity contribution < 1.29 is 27.5 Å². The van der Waals surface area contributed by atoms with Crippen molar-refractivity contribution in [2.75, 3.05) is 11.9 Å². The number of pyridine rings is 1. The van der Waals surface area contributed by atoms with Gasteiger partial charge in [0.2, 0.25) is 5.88 Å².